The van der Waals surface area contributed by atoms with E-state index in [4.69, 9.17) is 5.11 Å². The zero-order valence-electron chi connectivity index (χ0n) is 12.1. The third-order valence-electron chi connectivity index (χ3n) is 3.02. The van der Waals surface area contributed by atoms with Crippen LogP contribution in [0.4, 0.5) is 5.69 Å². The van der Waals surface area contributed by atoms with Crippen molar-refractivity contribution in [2.24, 2.45) is 0 Å². The number of allylic oxidation sites excluding steroid dienone is 1. The molecule has 0 aliphatic carbocycles. The number of carboxylic acids is 1. The summed E-state index contributed by atoms with van der Waals surface area (Å²) in [5, 5.41) is 58.0. The summed E-state index contributed by atoms with van der Waals surface area (Å²) in [6, 6.07) is 3.18. The van der Waals surface area contributed by atoms with Crippen molar-refractivity contribution in [2.45, 2.75) is 0 Å². The van der Waals surface area contributed by atoms with Crippen molar-refractivity contribution in [2.75, 3.05) is 0 Å². The summed E-state index contributed by atoms with van der Waals surface area (Å²) in [5.41, 5.74) is -2.27. The number of aliphatic hydroxyl groups is 1. The molecule has 0 saturated heterocycles. The van der Waals surface area contributed by atoms with Gasteiger partial charge in [0.25, 0.3) is 0 Å². The fraction of sp³-hybridized carbons (Fsp3) is 0. The van der Waals surface area contributed by atoms with E-state index < -0.39 is 45.1 Å². The minimum Gasteiger partial charge on any atom is -0.506 e. The van der Waals surface area contributed by atoms with Crippen LogP contribution in [0.15, 0.2) is 24.5 Å². The molecule has 0 spiro atoms. The minimum atomic E-state index is -1.34. The first-order chi connectivity index (χ1) is 11.8. The fourth-order valence-corrected chi connectivity index (χ4v) is 1.82. The maximum atomic E-state index is 10.9. The van der Waals surface area contributed by atoms with E-state index in [9.17, 15) is 35.5 Å². The highest BCUT2D eigenvalue weighted by Crippen LogP contribution is 2.38. The summed E-state index contributed by atoms with van der Waals surface area (Å²) >= 11 is 0. The molecule has 0 bridgehead atoms. The summed E-state index contributed by atoms with van der Waals surface area (Å²) in [6.07, 6.45) is 1.78. The number of phenols is 2. The van der Waals surface area contributed by atoms with Crippen LogP contribution in [-0.4, -0.2) is 41.3 Å². The van der Waals surface area contributed by atoms with E-state index >= 15 is 0 Å². The molecule has 0 fully saturated rings. The number of aromatic nitrogens is 2. The van der Waals surface area contributed by atoms with Gasteiger partial charge in [-0.25, -0.2) is 9.78 Å². The molecular weight excluding hydrogens is 336 g/mol. The zero-order chi connectivity index (χ0) is 18.7. The first kappa shape index (κ1) is 17.2. The van der Waals surface area contributed by atoms with Crippen LogP contribution in [0.3, 0.4) is 0 Å². The quantitative estimate of drug-likeness (QED) is 0.207. The van der Waals surface area contributed by atoms with Crippen LogP contribution in [0.5, 0.6) is 11.5 Å². The van der Waals surface area contributed by atoms with Gasteiger partial charge in [0.2, 0.25) is 5.75 Å². The molecular formula is C14H8N4O7. The Balaban J connectivity index is 2.61. The molecule has 4 N–H and O–H groups in total. The Morgan fingerprint density at radius 1 is 1.16 bits per heavy atom. The Morgan fingerprint density at radius 3 is 2.24 bits per heavy atom. The first-order valence-electron chi connectivity index (χ1n) is 6.36. The van der Waals surface area contributed by atoms with Crippen molar-refractivity contribution in [3.63, 3.8) is 0 Å². The standard InChI is InChI=1S/C14H8N4O7/c15-3-7(8-4-17-9(5-16-8)14(22)23)12(20)6-1-10(18(24)25)13(21)11(19)2-6/h1-2,4-5,19-21H,(H,22,23). The van der Waals surface area contributed by atoms with Crippen LogP contribution in [0.2, 0.25) is 0 Å². The van der Waals surface area contributed by atoms with Crippen LogP contribution in [0, 0.1) is 21.4 Å². The van der Waals surface area contributed by atoms with E-state index in [-0.39, 0.29) is 11.3 Å². The van der Waals surface area contributed by atoms with Crippen LogP contribution >= 0.6 is 0 Å². The molecule has 0 atom stereocenters. The molecule has 0 amide bonds. The smallest absolute Gasteiger partial charge is 0.356 e. The van der Waals surface area contributed by atoms with Gasteiger partial charge in [-0.3, -0.25) is 15.1 Å². The lowest BCUT2D eigenvalue weighted by atomic mass is 10.1. The predicted octanol–water partition coefficient (Wildman–Crippen LogP) is 1.44. The number of phenolic OH excluding ortho intramolecular Hbond substituents is 2. The third kappa shape index (κ3) is 3.27. The van der Waals surface area contributed by atoms with Crippen LogP contribution < -0.4 is 0 Å². The van der Waals surface area contributed by atoms with E-state index in [1.54, 1.807) is 6.07 Å². The molecule has 0 aliphatic rings. The lowest BCUT2D eigenvalue weighted by molar-refractivity contribution is -0.386. The molecule has 1 heterocycles. The van der Waals surface area contributed by atoms with Crippen molar-refractivity contribution in [3.05, 3.63) is 51.6 Å². The maximum Gasteiger partial charge on any atom is 0.356 e. The van der Waals surface area contributed by atoms with Crippen molar-refractivity contribution in [1.82, 2.24) is 9.97 Å². The molecule has 2 aromatic rings. The van der Waals surface area contributed by atoms with Gasteiger partial charge in [-0.15, -0.1) is 0 Å². The van der Waals surface area contributed by atoms with Gasteiger partial charge in [-0.1, -0.05) is 0 Å². The molecule has 126 valence electrons. The zero-order valence-corrected chi connectivity index (χ0v) is 12.1. The minimum absolute atomic E-state index is 0.194. The highest BCUT2D eigenvalue weighted by molar-refractivity contribution is 5.94. The molecule has 0 radical (unpaired) electrons. The Bertz CT molecular complexity index is 945. The van der Waals surface area contributed by atoms with E-state index in [2.05, 4.69) is 9.97 Å². The van der Waals surface area contributed by atoms with Gasteiger partial charge in [0, 0.05) is 11.6 Å². The Morgan fingerprint density at radius 2 is 1.76 bits per heavy atom. The number of benzene rings is 1. The molecule has 1 aromatic heterocycles. The van der Waals surface area contributed by atoms with Gasteiger partial charge in [-0.2, -0.15) is 5.26 Å². The number of rotatable bonds is 4. The number of carbonyl (C=O) groups is 1. The number of aromatic carboxylic acids is 1. The molecule has 0 aliphatic heterocycles. The molecule has 0 saturated carbocycles. The maximum absolute atomic E-state index is 10.9. The second-order valence-corrected chi connectivity index (χ2v) is 4.55. The van der Waals surface area contributed by atoms with Crippen molar-refractivity contribution in [3.8, 4) is 17.6 Å². The molecule has 1 aromatic carbocycles. The van der Waals surface area contributed by atoms with Gasteiger partial charge in [-0.05, 0) is 6.07 Å². The third-order valence-corrected chi connectivity index (χ3v) is 3.02. The highest BCUT2D eigenvalue weighted by atomic mass is 16.6. The monoisotopic (exact) mass is 344 g/mol. The van der Waals surface area contributed by atoms with Gasteiger partial charge in [0.15, 0.2) is 11.4 Å². The summed E-state index contributed by atoms with van der Waals surface area (Å²) in [4.78, 5) is 27.8. The molecule has 25 heavy (non-hydrogen) atoms. The Hall–Kier alpha value is -4.20. The largest absolute Gasteiger partial charge is 0.506 e. The number of hydrogen-bond donors (Lipinski definition) is 4. The second kappa shape index (κ2) is 6.50. The van der Waals surface area contributed by atoms with Gasteiger partial charge in [0.1, 0.15) is 23.1 Å². The number of nitrogens with zero attached hydrogens (tertiary/aromatic N) is 4. The van der Waals surface area contributed by atoms with Gasteiger partial charge < -0.3 is 20.4 Å². The second-order valence-electron chi connectivity index (χ2n) is 4.55. The van der Waals surface area contributed by atoms with Crippen molar-refractivity contribution < 1.29 is 30.1 Å². The van der Waals surface area contributed by atoms with Gasteiger partial charge in [0.05, 0.1) is 17.3 Å². The summed E-state index contributed by atoms with van der Waals surface area (Å²) in [5.74, 6) is -3.99. The topological polar surface area (TPSA) is 191 Å². The van der Waals surface area contributed by atoms with E-state index in [0.29, 0.717) is 0 Å². The van der Waals surface area contributed by atoms with Crippen LogP contribution in [0.1, 0.15) is 21.7 Å². The lowest BCUT2D eigenvalue weighted by Crippen LogP contribution is -2.03. The molecule has 11 heteroatoms. The fourth-order valence-electron chi connectivity index (χ4n) is 1.82. The molecule has 11 nitrogen and oxygen atoms in total. The highest BCUT2D eigenvalue weighted by Gasteiger charge is 2.22. The van der Waals surface area contributed by atoms with Crippen LogP contribution in [0.25, 0.3) is 11.3 Å². The van der Waals surface area contributed by atoms with E-state index in [0.717, 1.165) is 24.5 Å². The van der Waals surface area contributed by atoms with Gasteiger partial charge >= 0.3 is 11.7 Å². The van der Waals surface area contributed by atoms with Crippen molar-refractivity contribution >= 4 is 23.0 Å². The Labute approximate surface area is 138 Å². The first-order valence-corrected chi connectivity index (χ1v) is 6.36. The average molecular weight is 344 g/mol. The molecule has 2 rings (SSSR count). The summed E-state index contributed by atoms with van der Waals surface area (Å²) < 4.78 is 0. The van der Waals surface area contributed by atoms with Crippen molar-refractivity contribution in [1.29, 1.82) is 5.26 Å². The Kier molecular flexibility index (Phi) is 4.46. The van der Waals surface area contributed by atoms with E-state index in [1.165, 1.54) is 0 Å². The summed E-state index contributed by atoms with van der Waals surface area (Å²) in [7, 11) is 0. The average Bonchev–Trinajstić information content (AvgIpc) is 2.57. The number of hydrogen-bond acceptors (Lipinski definition) is 9. The SMILES string of the molecule is N#CC(=C(O)c1cc(O)c(O)c([N+](=O)[O-])c1)c1cnc(C(=O)O)cn1. The predicted molar refractivity (Wildman–Crippen MR) is 80.5 cm³/mol. The number of aliphatic hydroxyl groups excluding tert-OH is 1. The summed E-state index contributed by atoms with van der Waals surface area (Å²) in [6.45, 7) is 0. The number of carboxylic acid groups (broad SMARTS) is 1. The number of aromatic hydroxyl groups is 2. The normalized spacial score (nSPS) is 11.3. The van der Waals surface area contributed by atoms with Crippen LogP contribution in [-0.2, 0) is 0 Å². The lowest BCUT2D eigenvalue weighted by Gasteiger charge is -2.06. The number of nitro benzene ring substituents is 1. The number of nitriles is 1. The van der Waals surface area contributed by atoms with E-state index in [1.807, 2.05) is 0 Å². The number of nitro groups is 1. The molecule has 0 unspecified atom stereocenters.